The average Bonchev–Trinajstić information content (AvgIpc) is 2.62. The van der Waals surface area contributed by atoms with Gasteiger partial charge in [-0.05, 0) is 53.0 Å². The van der Waals surface area contributed by atoms with Gasteiger partial charge >= 0.3 is 5.97 Å². The molecule has 8 heteroatoms. The molecule has 0 radical (unpaired) electrons. The number of ether oxygens (including phenoxy) is 1. The fraction of sp³-hybridized carbons (Fsp3) is 0.167. The van der Waals surface area contributed by atoms with E-state index in [0.29, 0.717) is 20.8 Å². The van der Waals surface area contributed by atoms with E-state index in [-0.39, 0.29) is 12.2 Å². The molecule has 6 nitrogen and oxygen atoms in total. The minimum Gasteiger partial charge on any atom is -0.483 e. The number of carboxylic acid groups (broad SMARTS) is 1. The first-order valence-electron chi connectivity index (χ1n) is 7.53. The standard InChI is InChI=1S/C18H16BrClN2O4/c1-10-7-14(16(19)11(2)17(10)20)26-9-15(23)22-21-8-12-5-3-4-6-13(12)18(24)25/h3-8H,9H2,1-2H3,(H,22,23)(H,24,25)/b21-8+. The zero-order valence-corrected chi connectivity index (χ0v) is 16.4. The fourth-order valence-corrected chi connectivity index (χ4v) is 2.85. The fourth-order valence-electron chi connectivity index (χ4n) is 2.16. The quantitative estimate of drug-likeness (QED) is 0.527. The molecular formula is C18H16BrClN2O4. The Kier molecular flexibility index (Phi) is 6.76. The van der Waals surface area contributed by atoms with Crippen LogP contribution < -0.4 is 10.2 Å². The predicted octanol–water partition coefficient (Wildman–Crippen LogP) is 3.95. The first-order chi connectivity index (χ1) is 12.3. The minimum absolute atomic E-state index is 0.0952. The number of nitrogens with zero attached hydrogens (tertiary/aromatic N) is 1. The number of carboxylic acids is 1. The molecule has 0 unspecified atom stereocenters. The summed E-state index contributed by atoms with van der Waals surface area (Å²) in [4.78, 5) is 23.0. The summed E-state index contributed by atoms with van der Waals surface area (Å²) in [5, 5.41) is 13.5. The molecule has 0 spiro atoms. The van der Waals surface area contributed by atoms with Crippen molar-refractivity contribution < 1.29 is 19.4 Å². The van der Waals surface area contributed by atoms with E-state index >= 15 is 0 Å². The van der Waals surface area contributed by atoms with Gasteiger partial charge in [-0.25, -0.2) is 10.2 Å². The zero-order valence-electron chi connectivity index (χ0n) is 14.0. The van der Waals surface area contributed by atoms with Crippen molar-refractivity contribution in [3.63, 3.8) is 0 Å². The van der Waals surface area contributed by atoms with E-state index in [9.17, 15) is 9.59 Å². The summed E-state index contributed by atoms with van der Waals surface area (Å²) in [5.74, 6) is -1.05. The Morgan fingerprint density at radius 1 is 1.35 bits per heavy atom. The molecular weight excluding hydrogens is 424 g/mol. The van der Waals surface area contributed by atoms with Crippen LogP contribution in [0.3, 0.4) is 0 Å². The Bertz CT molecular complexity index is 884. The Balaban J connectivity index is 1.98. The van der Waals surface area contributed by atoms with Crippen LogP contribution in [0.5, 0.6) is 5.75 Å². The number of aromatic carboxylic acids is 1. The van der Waals surface area contributed by atoms with E-state index in [1.54, 1.807) is 24.3 Å². The number of hydrazone groups is 1. The van der Waals surface area contributed by atoms with E-state index in [2.05, 4.69) is 26.5 Å². The number of benzene rings is 2. The number of amides is 1. The van der Waals surface area contributed by atoms with Gasteiger partial charge in [-0.1, -0.05) is 29.8 Å². The van der Waals surface area contributed by atoms with Crippen molar-refractivity contribution in [3.8, 4) is 5.75 Å². The molecule has 2 aromatic rings. The molecule has 0 atom stereocenters. The van der Waals surface area contributed by atoms with Gasteiger partial charge in [0.05, 0.1) is 16.3 Å². The highest BCUT2D eigenvalue weighted by Crippen LogP contribution is 2.35. The summed E-state index contributed by atoms with van der Waals surface area (Å²) >= 11 is 9.55. The van der Waals surface area contributed by atoms with E-state index in [1.807, 2.05) is 13.8 Å². The Labute approximate surface area is 163 Å². The number of carbonyl (C=O) groups excluding carboxylic acids is 1. The van der Waals surface area contributed by atoms with Crippen LogP contribution in [-0.2, 0) is 4.79 Å². The van der Waals surface area contributed by atoms with Crippen LogP contribution in [0.2, 0.25) is 5.02 Å². The first-order valence-corrected chi connectivity index (χ1v) is 8.70. The lowest BCUT2D eigenvalue weighted by Gasteiger charge is -2.12. The summed E-state index contributed by atoms with van der Waals surface area (Å²) < 4.78 is 6.17. The molecule has 2 rings (SSSR count). The van der Waals surface area contributed by atoms with Crippen LogP contribution in [-0.4, -0.2) is 29.8 Å². The lowest BCUT2D eigenvalue weighted by Crippen LogP contribution is -2.24. The third-order valence-electron chi connectivity index (χ3n) is 3.51. The Morgan fingerprint density at radius 3 is 2.73 bits per heavy atom. The zero-order chi connectivity index (χ0) is 19.3. The van der Waals surface area contributed by atoms with Gasteiger partial charge in [0.2, 0.25) is 0 Å². The molecule has 1 amide bonds. The van der Waals surface area contributed by atoms with Crippen LogP contribution >= 0.6 is 27.5 Å². The van der Waals surface area contributed by atoms with Gasteiger partial charge in [0.15, 0.2) is 6.61 Å². The molecule has 2 aromatic carbocycles. The highest BCUT2D eigenvalue weighted by atomic mass is 79.9. The maximum atomic E-state index is 11.9. The lowest BCUT2D eigenvalue weighted by molar-refractivity contribution is -0.123. The van der Waals surface area contributed by atoms with Crippen LogP contribution in [0, 0.1) is 13.8 Å². The van der Waals surface area contributed by atoms with E-state index in [0.717, 1.165) is 11.1 Å². The van der Waals surface area contributed by atoms with Crippen molar-refractivity contribution in [2.24, 2.45) is 5.10 Å². The largest absolute Gasteiger partial charge is 0.483 e. The molecule has 0 bridgehead atoms. The Hall–Kier alpha value is -2.38. The van der Waals surface area contributed by atoms with Crippen molar-refractivity contribution >= 4 is 45.6 Å². The van der Waals surface area contributed by atoms with Gasteiger partial charge in [-0.3, -0.25) is 4.79 Å². The molecule has 0 aliphatic carbocycles. The molecule has 0 aliphatic rings. The van der Waals surface area contributed by atoms with Gasteiger partial charge < -0.3 is 9.84 Å². The maximum absolute atomic E-state index is 11.9. The van der Waals surface area contributed by atoms with Gasteiger partial charge in [0.1, 0.15) is 5.75 Å². The van der Waals surface area contributed by atoms with Gasteiger partial charge in [-0.2, -0.15) is 5.10 Å². The number of carbonyl (C=O) groups is 2. The summed E-state index contributed by atoms with van der Waals surface area (Å²) in [6.07, 6.45) is 1.27. The van der Waals surface area contributed by atoms with Gasteiger partial charge in [-0.15, -0.1) is 0 Å². The van der Waals surface area contributed by atoms with Crippen LogP contribution in [0.25, 0.3) is 0 Å². The second kappa shape index (κ2) is 8.82. The van der Waals surface area contributed by atoms with E-state index < -0.39 is 11.9 Å². The Morgan fingerprint density at radius 2 is 2.04 bits per heavy atom. The number of hydrogen-bond donors (Lipinski definition) is 2. The third-order valence-corrected chi connectivity index (χ3v) is 5.08. The highest BCUT2D eigenvalue weighted by Gasteiger charge is 2.12. The predicted molar refractivity (Wildman–Crippen MR) is 103 cm³/mol. The van der Waals surface area contributed by atoms with E-state index in [1.165, 1.54) is 12.3 Å². The smallest absolute Gasteiger partial charge is 0.336 e. The molecule has 136 valence electrons. The van der Waals surface area contributed by atoms with Crippen LogP contribution in [0.15, 0.2) is 39.9 Å². The summed E-state index contributed by atoms with van der Waals surface area (Å²) in [6.45, 7) is 3.44. The third kappa shape index (κ3) is 4.83. The number of nitrogens with one attached hydrogen (secondary N) is 1. The average molecular weight is 440 g/mol. The molecule has 0 fully saturated rings. The summed E-state index contributed by atoms with van der Waals surface area (Å²) in [6, 6.07) is 8.07. The monoisotopic (exact) mass is 438 g/mol. The van der Waals surface area contributed by atoms with Crippen molar-refractivity contribution in [3.05, 3.63) is 62.1 Å². The summed E-state index contributed by atoms with van der Waals surface area (Å²) in [5.41, 5.74) is 4.44. The molecule has 0 heterocycles. The minimum atomic E-state index is -1.07. The van der Waals surface area contributed by atoms with Gasteiger partial charge in [0.25, 0.3) is 5.91 Å². The second-order valence-electron chi connectivity index (χ2n) is 5.42. The maximum Gasteiger partial charge on any atom is 0.336 e. The number of hydrogen-bond acceptors (Lipinski definition) is 4. The molecule has 0 aromatic heterocycles. The number of halogens is 2. The first kappa shape index (κ1) is 19.9. The van der Waals surface area contributed by atoms with Crippen LogP contribution in [0.4, 0.5) is 0 Å². The second-order valence-corrected chi connectivity index (χ2v) is 6.59. The van der Waals surface area contributed by atoms with Crippen molar-refractivity contribution in [2.75, 3.05) is 6.61 Å². The van der Waals surface area contributed by atoms with Crippen LogP contribution in [0.1, 0.15) is 27.0 Å². The lowest BCUT2D eigenvalue weighted by atomic mass is 10.1. The van der Waals surface area contributed by atoms with Crippen molar-refractivity contribution in [1.82, 2.24) is 5.43 Å². The highest BCUT2D eigenvalue weighted by molar-refractivity contribution is 9.10. The number of aryl methyl sites for hydroxylation is 1. The SMILES string of the molecule is Cc1cc(OCC(=O)N/N=C/c2ccccc2C(=O)O)c(Br)c(C)c1Cl. The van der Waals surface area contributed by atoms with Crippen molar-refractivity contribution in [1.29, 1.82) is 0 Å². The molecule has 0 aliphatic heterocycles. The van der Waals surface area contributed by atoms with Gasteiger partial charge in [0, 0.05) is 10.6 Å². The normalized spacial score (nSPS) is 10.8. The number of rotatable bonds is 6. The molecule has 26 heavy (non-hydrogen) atoms. The van der Waals surface area contributed by atoms with E-state index in [4.69, 9.17) is 21.4 Å². The molecule has 0 saturated carbocycles. The van der Waals surface area contributed by atoms with Crippen molar-refractivity contribution in [2.45, 2.75) is 13.8 Å². The molecule has 2 N–H and O–H groups in total. The molecule has 0 saturated heterocycles. The summed E-state index contributed by atoms with van der Waals surface area (Å²) in [7, 11) is 0. The topological polar surface area (TPSA) is 88.0 Å².